The van der Waals surface area contributed by atoms with Gasteiger partial charge >= 0.3 is 6.03 Å². The van der Waals surface area contributed by atoms with Crippen molar-refractivity contribution in [2.24, 2.45) is 0 Å². The number of nitrogens with zero attached hydrogens (tertiary/aromatic N) is 2. The second kappa shape index (κ2) is 7.49. The van der Waals surface area contributed by atoms with Crippen LogP contribution in [0.3, 0.4) is 0 Å². The predicted molar refractivity (Wildman–Crippen MR) is 90.9 cm³/mol. The van der Waals surface area contributed by atoms with Crippen molar-refractivity contribution in [3.8, 4) is 5.88 Å². The molecule has 1 heterocycles. The number of rotatable bonds is 5. The Morgan fingerprint density at radius 1 is 1.25 bits per heavy atom. The number of amides is 2. The molecule has 10 heteroatoms. The molecule has 0 bridgehead atoms. The van der Waals surface area contributed by atoms with Gasteiger partial charge in [-0.05, 0) is 25.3 Å². The molecule has 2 aromatic rings. The van der Waals surface area contributed by atoms with Gasteiger partial charge in [0.05, 0.1) is 7.11 Å². The Bertz CT molecular complexity index is 856. The van der Waals surface area contributed by atoms with Gasteiger partial charge in [0.25, 0.3) is 10.0 Å². The van der Waals surface area contributed by atoms with Gasteiger partial charge in [-0.25, -0.2) is 22.9 Å². The van der Waals surface area contributed by atoms with Crippen molar-refractivity contribution >= 4 is 33.8 Å². The predicted octanol–water partition coefficient (Wildman–Crippen LogP) is 2.03. The monoisotopic (exact) mass is 368 g/mol. The number of hydrogen-bond acceptors (Lipinski definition) is 7. The fourth-order valence-electron chi connectivity index (χ4n) is 1.85. The lowest BCUT2D eigenvalue weighted by Crippen LogP contribution is -2.35. The summed E-state index contributed by atoms with van der Waals surface area (Å²) in [6.45, 7) is 1.69. The highest BCUT2D eigenvalue weighted by Gasteiger charge is 2.21. The fraction of sp³-hybridized carbons (Fsp3) is 0.214. The number of aryl methyl sites for hydroxylation is 1. The number of thioether (sulfide) groups is 1. The molecule has 8 nitrogen and oxygen atoms in total. The molecule has 2 amide bonds. The molecule has 0 saturated heterocycles. The van der Waals surface area contributed by atoms with Crippen LogP contribution in [0, 0.1) is 6.92 Å². The summed E-state index contributed by atoms with van der Waals surface area (Å²) in [7, 11) is -2.59. The van der Waals surface area contributed by atoms with Crippen molar-refractivity contribution in [1.29, 1.82) is 0 Å². The van der Waals surface area contributed by atoms with Gasteiger partial charge in [-0.15, -0.1) is 11.8 Å². The molecule has 24 heavy (non-hydrogen) atoms. The van der Waals surface area contributed by atoms with Gasteiger partial charge in [-0.1, -0.05) is 12.1 Å². The Morgan fingerprint density at radius 3 is 2.62 bits per heavy atom. The summed E-state index contributed by atoms with van der Waals surface area (Å²) < 4.78 is 31.6. The molecule has 2 rings (SSSR count). The lowest BCUT2D eigenvalue weighted by atomic mass is 10.4. The maximum absolute atomic E-state index is 12.4. The van der Waals surface area contributed by atoms with Crippen molar-refractivity contribution in [3.63, 3.8) is 0 Å². The molecular weight excluding hydrogens is 352 g/mol. The topological polar surface area (TPSA) is 110 Å². The van der Waals surface area contributed by atoms with E-state index >= 15 is 0 Å². The summed E-state index contributed by atoms with van der Waals surface area (Å²) in [5.74, 6) is 0.200. The molecule has 0 unspecified atom stereocenters. The quantitative estimate of drug-likeness (QED) is 0.777. The van der Waals surface area contributed by atoms with Crippen LogP contribution in [0.5, 0.6) is 5.88 Å². The van der Waals surface area contributed by atoms with Crippen LogP contribution in [-0.2, 0) is 10.0 Å². The minimum atomic E-state index is -4.02. The Labute approximate surface area is 144 Å². The van der Waals surface area contributed by atoms with E-state index in [1.807, 2.05) is 4.72 Å². The van der Waals surface area contributed by atoms with Gasteiger partial charge in [-0.3, -0.25) is 5.32 Å². The number of nitrogens with one attached hydrogen (secondary N) is 2. The summed E-state index contributed by atoms with van der Waals surface area (Å²) in [4.78, 5) is 20.5. The molecule has 0 aliphatic heterocycles. The van der Waals surface area contributed by atoms with E-state index in [0.717, 1.165) is 0 Å². The maximum Gasteiger partial charge on any atom is 0.335 e. The van der Waals surface area contributed by atoms with E-state index in [2.05, 4.69) is 15.3 Å². The second-order valence-corrected chi connectivity index (χ2v) is 7.08. The van der Waals surface area contributed by atoms with Crippen molar-refractivity contribution in [1.82, 2.24) is 14.7 Å². The van der Waals surface area contributed by atoms with Gasteiger partial charge < -0.3 is 4.74 Å². The third-order valence-electron chi connectivity index (χ3n) is 2.85. The molecule has 1 aromatic carbocycles. The molecule has 2 N–H and O–H groups in total. The summed E-state index contributed by atoms with van der Waals surface area (Å²) in [6.07, 6.45) is 1.75. The number of carbonyl (C=O) groups is 1. The molecule has 0 fully saturated rings. The number of benzene rings is 1. The van der Waals surface area contributed by atoms with Gasteiger partial charge in [0, 0.05) is 16.7 Å². The minimum Gasteiger partial charge on any atom is -0.481 e. The number of sulfonamides is 1. The molecule has 0 radical (unpaired) electrons. The highest BCUT2D eigenvalue weighted by molar-refractivity contribution is 7.99. The van der Waals surface area contributed by atoms with Gasteiger partial charge in [0.15, 0.2) is 0 Å². The first kappa shape index (κ1) is 18.0. The molecule has 0 saturated carbocycles. The largest absolute Gasteiger partial charge is 0.481 e. The molecule has 0 aliphatic rings. The van der Waals surface area contributed by atoms with Crippen LogP contribution in [0.15, 0.2) is 40.1 Å². The Balaban J connectivity index is 2.18. The molecule has 0 aliphatic carbocycles. The highest BCUT2D eigenvalue weighted by Crippen LogP contribution is 2.24. The zero-order valence-corrected chi connectivity index (χ0v) is 14.9. The average Bonchev–Trinajstić information content (AvgIpc) is 2.53. The van der Waals surface area contributed by atoms with Crippen LogP contribution >= 0.6 is 11.8 Å². The zero-order chi connectivity index (χ0) is 17.7. The molecular formula is C14H16N4O4S2. The van der Waals surface area contributed by atoms with E-state index in [9.17, 15) is 13.2 Å². The number of carbonyl (C=O) groups excluding carboxylic acids is 1. The lowest BCUT2D eigenvalue weighted by molar-refractivity contribution is 0.256. The Kier molecular flexibility index (Phi) is 5.62. The van der Waals surface area contributed by atoms with Crippen LogP contribution in [-0.4, -0.2) is 37.8 Å². The van der Waals surface area contributed by atoms with E-state index < -0.39 is 16.1 Å². The first-order chi connectivity index (χ1) is 11.4. The van der Waals surface area contributed by atoms with E-state index in [-0.39, 0.29) is 16.7 Å². The van der Waals surface area contributed by atoms with Gasteiger partial charge in [-0.2, -0.15) is 4.98 Å². The summed E-state index contributed by atoms with van der Waals surface area (Å²) in [5, 5.41) is 2.28. The Morgan fingerprint density at radius 2 is 1.96 bits per heavy atom. The van der Waals surface area contributed by atoms with E-state index in [4.69, 9.17) is 4.74 Å². The Hall–Kier alpha value is -2.33. The number of methoxy groups -OCH3 is 1. The third-order valence-corrected chi connectivity index (χ3v) is 5.17. The molecule has 0 spiro atoms. The van der Waals surface area contributed by atoms with Crippen molar-refractivity contribution < 1.29 is 17.9 Å². The lowest BCUT2D eigenvalue weighted by Gasteiger charge is -2.11. The maximum atomic E-state index is 12.4. The molecule has 1 aromatic heterocycles. The number of urea groups is 1. The normalized spacial score (nSPS) is 11.0. The van der Waals surface area contributed by atoms with Crippen LogP contribution in [0.25, 0.3) is 0 Å². The fourth-order valence-corrected chi connectivity index (χ4v) is 3.90. The first-order valence-electron chi connectivity index (χ1n) is 6.72. The molecule has 0 atom stereocenters. The van der Waals surface area contributed by atoms with Crippen molar-refractivity contribution in [3.05, 3.63) is 36.0 Å². The smallest absolute Gasteiger partial charge is 0.335 e. The molecule has 128 valence electrons. The standard InChI is InChI=1S/C14H16N4O4S2/c1-9-8-12(22-2)16-13(15-9)17-14(19)18-24(20,21)11-7-5-4-6-10(11)23-3/h4-8H,1-3H3,(H2,15,16,17,18,19). The van der Waals surface area contributed by atoms with Crippen LogP contribution in [0.2, 0.25) is 0 Å². The summed E-state index contributed by atoms with van der Waals surface area (Å²) in [6, 6.07) is 7.00. The zero-order valence-electron chi connectivity index (χ0n) is 13.2. The van der Waals surface area contributed by atoms with Crippen LogP contribution < -0.4 is 14.8 Å². The van der Waals surface area contributed by atoms with E-state index in [1.165, 1.54) is 24.9 Å². The number of anilines is 1. The second-order valence-electron chi connectivity index (χ2n) is 4.59. The average molecular weight is 368 g/mol. The van der Waals surface area contributed by atoms with Gasteiger partial charge in [0.2, 0.25) is 11.8 Å². The van der Waals surface area contributed by atoms with Crippen molar-refractivity contribution in [2.75, 3.05) is 18.7 Å². The number of ether oxygens (including phenoxy) is 1. The number of aromatic nitrogens is 2. The van der Waals surface area contributed by atoms with Crippen LogP contribution in [0.1, 0.15) is 5.69 Å². The summed E-state index contributed by atoms with van der Waals surface area (Å²) in [5.41, 5.74) is 0.563. The van der Waals surface area contributed by atoms with Crippen molar-refractivity contribution in [2.45, 2.75) is 16.7 Å². The van der Waals surface area contributed by atoms with E-state index in [0.29, 0.717) is 10.6 Å². The minimum absolute atomic E-state index is 0.0235. The third kappa shape index (κ3) is 4.36. The SMILES string of the molecule is COc1cc(C)nc(NC(=O)NS(=O)(=O)c2ccccc2SC)n1. The summed E-state index contributed by atoms with van der Waals surface area (Å²) >= 11 is 1.27. The number of hydrogen-bond donors (Lipinski definition) is 2. The van der Waals surface area contributed by atoms with Gasteiger partial charge in [0.1, 0.15) is 4.90 Å². The first-order valence-corrected chi connectivity index (χ1v) is 9.43. The highest BCUT2D eigenvalue weighted by atomic mass is 32.2. The van der Waals surface area contributed by atoms with E-state index in [1.54, 1.807) is 37.4 Å². The van der Waals surface area contributed by atoms with Crippen LogP contribution in [0.4, 0.5) is 10.7 Å².